The van der Waals surface area contributed by atoms with Crippen LogP contribution in [-0.4, -0.2) is 49.2 Å². The number of aromatic nitrogens is 4. The fourth-order valence-corrected chi connectivity index (χ4v) is 9.04. The number of nitrogens with zero attached hydrogens (tertiary/aromatic N) is 4. The highest BCUT2D eigenvalue weighted by Crippen LogP contribution is 2.32. The Morgan fingerprint density at radius 3 is 1.88 bits per heavy atom. The average Bonchev–Trinajstić information content (AvgIpc) is 3.97. The van der Waals surface area contributed by atoms with Crippen molar-refractivity contribution < 1.29 is 19.4 Å². The summed E-state index contributed by atoms with van der Waals surface area (Å²) in [5.74, 6) is 0.162. The molecule has 60 heavy (non-hydrogen) atoms. The summed E-state index contributed by atoms with van der Waals surface area (Å²) >= 11 is 24.6. The Kier molecular flexibility index (Phi) is 15.2. The van der Waals surface area contributed by atoms with Gasteiger partial charge in [-0.15, -0.1) is 0 Å². The van der Waals surface area contributed by atoms with E-state index in [2.05, 4.69) is 22.1 Å². The Morgan fingerprint density at radius 2 is 1.28 bits per heavy atom. The van der Waals surface area contributed by atoms with Crippen LogP contribution in [0.4, 0.5) is 0 Å². The van der Waals surface area contributed by atoms with Crippen molar-refractivity contribution in [3.05, 3.63) is 174 Å². The van der Waals surface area contributed by atoms with E-state index in [0.717, 1.165) is 85.7 Å². The number of imidazole rings is 2. The summed E-state index contributed by atoms with van der Waals surface area (Å²) in [6, 6.07) is 23.1. The fourth-order valence-electron chi connectivity index (χ4n) is 8.43. The van der Waals surface area contributed by atoms with Crippen molar-refractivity contribution in [1.29, 1.82) is 0 Å². The van der Waals surface area contributed by atoms with Crippen LogP contribution in [-0.2, 0) is 43.5 Å². The minimum atomic E-state index is -0.283. The van der Waals surface area contributed by atoms with Crippen LogP contribution in [0.25, 0.3) is 0 Å². The number of hydrogen-bond donors (Lipinski definition) is 1. The molecule has 1 N–H and O–H groups in total. The number of ketones is 1. The van der Waals surface area contributed by atoms with Crippen molar-refractivity contribution in [3.63, 3.8) is 0 Å². The van der Waals surface area contributed by atoms with Crippen LogP contribution in [0.2, 0.25) is 20.1 Å². The van der Waals surface area contributed by atoms with Gasteiger partial charge in [0.15, 0.2) is 5.82 Å². The number of aryl methyl sites for hydroxylation is 2. The largest absolute Gasteiger partial charge is 0.462 e. The van der Waals surface area contributed by atoms with Gasteiger partial charge in [-0.1, -0.05) is 88.9 Å². The number of benzene rings is 4. The zero-order valence-electron chi connectivity index (χ0n) is 33.3. The van der Waals surface area contributed by atoms with Gasteiger partial charge in [0.1, 0.15) is 0 Å². The zero-order chi connectivity index (χ0) is 42.0. The minimum Gasteiger partial charge on any atom is -0.462 e. The number of hydrogen-bond acceptors (Lipinski definition) is 6. The molecule has 0 aliphatic heterocycles. The molecule has 8 nitrogen and oxygen atoms in total. The van der Waals surface area contributed by atoms with Crippen LogP contribution in [0.1, 0.15) is 110 Å². The molecule has 2 aliphatic carbocycles. The lowest BCUT2D eigenvalue weighted by molar-refractivity contribution is 0.0489. The minimum absolute atomic E-state index is 0.0630. The van der Waals surface area contributed by atoms with Crippen LogP contribution >= 0.6 is 46.4 Å². The lowest BCUT2D eigenvalue weighted by atomic mass is 9.87. The number of esters is 1. The van der Waals surface area contributed by atoms with Gasteiger partial charge in [-0.05, 0) is 128 Å². The third-order valence-corrected chi connectivity index (χ3v) is 13.1. The molecule has 0 spiro atoms. The molecule has 2 atom stereocenters. The summed E-state index contributed by atoms with van der Waals surface area (Å²) in [5, 5.41) is 11.2. The smallest absolute Gasteiger partial charge is 0.338 e. The average molecular weight is 887 g/mol. The van der Waals surface area contributed by atoms with Crippen LogP contribution in [0.3, 0.4) is 0 Å². The Labute approximate surface area is 371 Å². The molecule has 0 saturated heterocycles. The second kappa shape index (κ2) is 20.9. The van der Waals surface area contributed by atoms with Gasteiger partial charge >= 0.3 is 5.97 Å². The predicted molar refractivity (Wildman–Crippen MR) is 239 cm³/mol. The summed E-state index contributed by atoms with van der Waals surface area (Å²) in [6.07, 6.45) is 18.5. The van der Waals surface area contributed by atoms with Gasteiger partial charge in [-0.3, -0.25) is 4.79 Å². The summed E-state index contributed by atoms with van der Waals surface area (Å²) in [5.41, 5.74) is 8.24. The standard InChI is InChI=1S/C35H34Cl2N2O3.C13H14Cl2N2O/c36-31-16-15-25(21-32(31)37)26(17-20-42-35(41)30-14-6-10-24-8-2-4-12-28(24)30)22-39-19-18-38-34(39)33(40)29-13-5-9-23-7-1-3-11-27(23)29;14-12-2-1-10(7-13(12)15)11(3-6-18)8-17-5-4-16-9-17/h5-6,9-10,13-16,18-19,21,26H,1-4,7-8,11-12,17,20,22H2;1-2,4-5,7,9,11,18H,3,6,8H2/t26-;11-/m11/s1. The molecule has 4 aromatic carbocycles. The van der Waals surface area contributed by atoms with Crippen LogP contribution in [0, 0.1) is 0 Å². The van der Waals surface area contributed by atoms with Gasteiger partial charge in [0.25, 0.3) is 0 Å². The first-order valence-electron chi connectivity index (χ1n) is 20.6. The molecule has 2 heterocycles. The van der Waals surface area contributed by atoms with Gasteiger partial charge in [-0.25, -0.2) is 14.8 Å². The van der Waals surface area contributed by atoms with Gasteiger partial charge < -0.3 is 19.0 Å². The molecule has 0 radical (unpaired) electrons. The molecule has 0 unspecified atom stereocenters. The molecule has 0 amide bonds. The Bertz CT molecular complexity index is 2410. The predicted octanol–water partition coefficient (Wildman–Crippen LogP) is 11.6. The van der Waals surface area contributed by atoms with Crippen molar-refractivity contribution in [2.75, 3.05) is 13.2 Å². The maximum atomic E-state index is 13.8. The number of fused-ring (bicyclic) bond motifs is 2. The number of aliphatic hydroxyl groups is 1. The van der Waals surface area contributed by atoms with Gasteiger partial charge in [0, 0.05) is 61.9 Å². The summed E-state index contributed by atoms with van der Waals surface area (Å²) in [4.78, 5) is 35.5. The van der Waals surface area contributed by atoms with E-state index in [1.165, 1.54) is 11.1 Å². The number of halogens is 4. The fraction of sp³-hybridized carbons (Fsp3) is 0.333. The number of ether oxygens (including phenoxy) is 1. The maximum Gasteiger partial charge on any atom is 0.338 e. The zero-order valence-corrected chi connectivity index (χ0v) is 36.4. The molecule has 0 saturated carbocycles. The van der Waals surface area contributed by atoms with E-state index in [9.17, 15) is 9.59 Å². The number of rotatable bonds is 14. The van der Waals surface area contributed by atoms with Crippen molar-refractivity contribution in [2.24, 2.45) is 0 Å². The molecule has 6 aromatic rings. The van der Waals surface area contributed by atoms with E-state index in [4.69, 9.17) is 56.2 Å². The lowest BCUT2D eigenvalue weighted by Crippen LogP contribution is -2.19. The highest BCUT2D eigenvalue weighted by Gasteiger charge is 2.25. The molecule has 312 valence electrons. The SMILES string of the molecule is O=C(OCC[C@H](Cn1ccnc1C(=O)c1cccc2c1CCCC2)c1ccc(Cl)c(Cl)c1)c1cccc2c1CCCC2.OCC[C@H](Cn1ccnc1)c1ccc(Cl)c(Cl)c1. The van der Waals surface area contributed by atoms with E-state index in [-0.39, 0.29) is 36.8 Å². The monoisotopic (exact) mass is 884 g/mol. The van der Waals surface area contributed by atoms with Gasteiger partial charge in [0.2, 0.25) is 5.78 Å². The second-order valence-corrected chi connectivity index (χ2v) is 17.1. The van der Waals surface area contributed by atoms with E-state index in [1.54, 1.807) is 30.9 Å². The Hall–Kier alpha value is -4.44. The quantitative estimate of drug-likeness (QED) is 0.0864. The summed E-state index contributed by atoms with van der Waals surface area (Å²) in [6.45, 7) is 1.61. The molecular weight excluding hydrogens is 838 g/mol. The van der Waals surface area contributed by atoms with Crippen molar-refractivity contribution in [1.82, 2.24) is 19.1 Å². The van der Waals surface area contributed by atoms with E-state index in [0.29, 0.717) is 50.9 Å². The van der Waals surface area contributed by atoms with Crippen LogP contribution < -0.4 is 0 Å². The Balaban J connectivity index is 0.000000253. The molecule has 0 fully saturated rings. The van der Waals surface area contributed by atoms with E-state index < -0.39 is 0 Å². The third-order valence-electron chi connectivity index (χ3n) is 11.6. The molecule has 0 bridgehead atoms. The first-order chi connectivity index (χ1) is 29.2. The highest BCUT2D eigenvalue weighted by atomic mass is 35.5. The normalized spacial score (nSPS) is 14.3. The second-order valence-electron chi connectivity index (χ2n) is 15.5. The highest BCUT2D eigenvalue weighted by molar-refractivity contribution is 6.42. The summed E-state index contributed by atoms with van der Waals surface area (Å²) < 4.78 is 9.74. The molecular formula is C48H48Cl4N4O4. The van der Waals surface area contributed by atoms with Crippen molar-refractivity contribution in [2.45, 2.75) is 89.1 Å². The third kappa shape index (κ3) is 10.7. The molecule has 8 rings (SSSR count). The maximum absolute atomic E-state index is 13.8. The van der Waals surface area contributed by atoms with Crippen molar-refractivity contribution >= 4 is 58.2 Å². The molecule has 2 aromatic heterocycles. The number of aliphatic hydroxyl groups excluding tert-OH is 1. The summed E-state index contributed by atoms with van der Waals surface area (Å²) in [7, 11) is 0. The molecule has 2 aliphatic rings. The lowest BCUT2D eigenvalue weighted by Gasteiger charge is -2.22. The van der Waals surface area contributed by atoms with Crippen LogP contribution in [0.15, 0.2) is 104 Å². The van der Waals surface area contributed by atoms with Crippen LogP contribution in [0.5, 0.6) is 0 Å². The van der Waals surface area contributed by atoms with Gasteiger partial charge in [-0.2, -0.15) is 0 Å². The van der Waals surface area contributed by atoms with Crippen molar-refractivity contribution in [3.8, 4) is 0 Å². The first-order valence-corrected chi connectivity index (χ1v) is 22.1. The number of carbonyl (C=O) groups excluding carboxylic acids is 2. The Morgan fingerprint density at radius 1 is 0.683 bits per heavy atom. The number of carbonyl (C=O) groups is 2. The molecule has 12 heteroatoms. The van der Waals surface area contributed by atoms with E-state index in [1.807, 2.05) is 70.1 Å². The first kappa shape index (κ1) is 43.6. The van der Waals surface area contributed by atoms with Gasteiger partial charge in [0.05, 0.1) is 38.6 Å². The van der Waals surface area contributed by atoms with E-state index >= 15 is 0 Å². The topological polar surface area (TPSA) is 99.2 Å².